The Balaban J connectivity index is 1.70. The third-order valence-corrected chi connectivity index (χ3v) is 7.86. The van der Waals surface area contributed by atoms with Crippen molar-refractivity contribution in [2.45, 2.75) is 44.1 Å². The average Bonchev–Trinajstić information content (AvgIpc) is 3.34. The monoisotopic (exact) mass is 604 g/mol. The number of hydrogen-bond acceptors (Lipinski definition) is 4. The molecule has 0 saturated carbocycles. The second-order valence-electron chi connectivity index (χ2n) is 10.1. The third kappa shape index (κ3) is 6.17. The van der Waals surface area contributed by atoms with Gasteiger partial charge in [0.15, 0.2) is 0 Å². The zero-order chi connectivity index (χ0) is 29.3. The number of alkyl halides is 3. The molecule has 2 amide bonds. The maximum atomic E-state index is 14.3. The summed E-state index contributed by atoms with van der Waals surface area (Å²) in [5.74, 6) is 0.216. The number of carbonyl (C=O) groups is 1. The molecule has 41 heavy (non-hydrogen) atoms. The summed E-state index contributed by atoms with van der Waals surface area (Å²) in [5, 5.41) is 1.07. The number of carbonyl (C=O) groups excluding carboxylic acids is 1. The van der Waals surface area contributed by atoms with Gasteiger partial charge < -0.3 is 15.4 Å². The lowest BCUT2D eigenvalue weighted by Gasteiger charge is -2.37. The Morgan fingerprint density at radius 2 is 1.56 bits per heavy atom. The van der Waals surface area contributed by atoms with Crippen LogP contribution in [0.4, 0.5) is 18.0 Å². The number of urea groups is 1. The lowest BCUT2D eigenvalue weighted by atomic mass is 9.93. The van der Waals surface area contributed by atoms with Crippen molar-refractivity contribution in [2.24, 2.45) is 10.7 Å². The molecular formula is C30H29Cl2F3N4O2. The lowest BCUT2D eigenvalue weighted by Crippen LogP contribution is -2.50. The molecule has 0 aromatic heterocycles. The standard InChI is InChI=1S/C30H29Cl2F3N4O2/c1-2-41-25-17-20(30(33,34)35)7-12-24(25)28-37-26(18-3-8-21(31)9-4-18)27(19-5-10-22(32)11-6-19)39(28)29(40)38-15-13-23(36)14-16-38/h3-12,17,23,26-27H,2,13-16,36H2,1H3. The molecule has 0 bridgehead atoms. The quantitative estimate of drug-likeness (QED) is 0.328. The molecule has 1 saturated heterocycles. The number of amides is 2. The smallest absolute Gasteiger partial charge is 0.416 e. The van der Waals surface area contributed by atoms with Gasteiger partial charge in [0.05, 0.1) is 23.8 Å². The lowest BCUT2D eigenvalue weighted by molar-refractivity contribution is -0.137. The molecule has 2 N–H and O–H groups in total. The molecule has 1 fully saturated rings. The number of rotatable bonds is 5. The van der Waals surface area contributed by atoms with Gasteiger partial charge in [-0.1, -0.05) is 47.5 Å². The van der Waals surface area contributed by atoms with E-state index in [-0.39, 0.29) is 35.8 Å². The summed E-state index contributed by atoms with van der Waals surface area (Å²) < 4.78 is 46.6. The van der Waals surface area contributed by atoms with E-state index in [1.165, 1.54) is 6.07 Å². The number of likely N-dealkylation sites (tertiary alicyclic amines) is 1. The Labute approximate surface area is 246 Å². The number of hydrogen-bond donors (Lipinski definition) is 1. The molecule has 5 rings (SSSR count). The predicted octanol–water partition coefficient (Wildman–Crippen LogP) is 7.50. The zero-order valence-corrected chi connectivity index (χ0v) is 23.8. The van der Waals surface area contributed by atoms with Crippen molar-refractivity contribution < 1.29 is 22.7 Å². The topological polar surface area (TPSA) is 71.2 Å². The number of piperidine rings is 1. The van der Waals surface area contributed by atoms with Gasteiger partial charge in [-0.05, 0) is 73.4 Å². The highest BCUT2D eigenvalue weighted by molar-refractivity contribution is 6.30. The molecule has 11 heteroatoms. The maximum Gasteiger partial charge on any atom is 0.416 e. The molecule has 2 heterocycles. The zero-order valence-electron chi connectivity index (χ0n) is 22.2. The first-order valence-corrected chi connectivity index (χ1v) is 14.1. The van der Waals surface area contributed by atoms with E-state index in [9.17, 15) is 18.0 Å². The molecule has 3 aromatic rings. The largest absolute Gasteiger partial charge is 0.493 e. The van der Waals surface area contributed by atoms with E-state index >= 15 is 0 Å². The number of amidine groups is 1. The summed E-state index contributed by atoms with van der Waals surface area (Å²) in [6, 6.07) is 16.0. The van der Waals surface area contributed by atoms with Crippen LogP contribution in [-0.4, -0.2) is 47.4 Å². The van der Waals surface area contributed by atoms with Crippen LogP contribution in [0.1, 0.15) is 54.1 Å². The van der Waals surface area contributed by atoms with Crippen molar-refractivity contribution in [3.05, 3.63) is 99.0 Å². The van der Waals surface area contributed by atoms with Gasteiger partial charge in [0.25, 0.3) is 0 Å². The normalized spacial score (nSPS) is 19.8. The Morgan fingerprint density at radius 1 is 0.976 bits per heavy atom. The summed E-state index contributed by atoms with van der Waals surface area (Å²) in [7, 11) is 0. The van der Waals surface area contributed by atoms with Crippen molar-refractivity contribution in [3.63, 3.8) is 0 Å². The predicted molar refractivity (Wildman–Crippen MR) is 154 cm³/mol. The highest BCUT2D eigenvalue weighted by atomic mass is 35.5. The minimum absolute atomic E-state index is 0.000821. The van der Waals surface area contributed by atoms with Gasteiger partial charge in [0.1, 0.15) is 17.6 Å². The summed E-state index contributed by atoms with van der Waals surface area (Å²) in [4.78, 5) is 22.6. The second-order valence-corrected chi connectivity index (χ2v) is 10.9. The van der Waals surface area contributed by atoms with Gasteiger partial charge in [-0.25, -0.2) is 4.79 Å². The minimum atomic E-state index is -4.57. The number of nitrogens with two attached hydrogens (primary N) is 1. The summed E-state index contributed by atoms with van der Waals surface area (Å²) in [6.07, 6.45) is -3.28. The Kier molecular flexibility index (Phi) is 8.50. The number of ether oxygens (including phenoxy) is 1. The van der Waals surface area contributed by atoms with Crippen LogP contribution in [0.25, 0.3) is 0 Å². The summed E-state index contributed by atoms with van der Waals surface area (Å²) in [6.45, 7) is 2.72. The van der Waals surface area contributed by atoms with Crippen LogP contribution < -0.4 is 10.5 Å². The molecule has 2 atom stereocenters. The van der Waals surface area contributed by atoms with Gasteiger partial charge in [-0.3, -0.25) is 9.89 Å². The van der Waals surface area contributed by atoms with E-state index in [2.05, 4.69) is 0 Å². The molecule has 3 aromatic carbocycles. The van der Waals surface area contributed by atoms with E-state index in [1.54, 1.807) is 41.0 Å². The molecule has 2 aliphatic heterocycles. The number of nitrogens with zero attached hydrogens (tertiary/aromatic N) is 3. The van der Waals surface area contributed by atoms with Gasteiger partial charge >= 0.3 is 12.2 Å². The molecule has 0 radical (unpaired) electrons. The third-order valence-electron chi connectivity index (χ3n) is 7.36. The van der Waals surface area contributed by atoms with E-state index in [4.69, 9.17) is 38.7 Å². The molecule has 2 aliphatic rings. The molecule has 6 nitrogen and oxygen atoms in total. The first kappa shape index (κ1) is 29.2. The van der Waals surface area contributed by atoms with Crippen LogP contribution in [0.15, 0.2) is 71.7 Å². The van der Waals surface area contributed by atoms with Crippen LogP contribution in [0, 0.1) is 0 Å². The van der Waals surface area contributed by atoms with Crippen LogP contribution in [0.2, 0.25) is 10.0 Å². The van der Waals surface area contributed by atoms with Crippen LogP contribution in [0.5, 0.6) is 5.75 Å². The van der Waals surface area contributed by atoms with Crippen molar-refractivity contribution in [3.8, 4) is 5.75 Å². The number of benzene rings is 3. The number of halogens is 5. The Hall–Kier alpha value is -3.27. The average molecular weight is 605 g/mol. The fourth-order valence-electron chi connectivity index (χ4n) is 5.26. The Morgan fingerprint density at radius 3 is 2.12 bits per heavy atom. The van der Waals surface area contributed by atoms with Crippen molar-refractivity contribution in [1.29, 1.82) is 0 Å². The first-order chi connectivity index (χ1) is 19.6. The molecule has 2 unspecified atom stereocenters. The van der Waals surface area contributed by atoms with E-state index in [1.807, 2.05) is 24.3 Å². The van der Waals surface area contributed by atoms with Crippen molar-refractivity contribution >= 4 is 35.1 Å². The van der Waals surface area contributed by atoms with Crippen molar-refractivity contribution in [2.75, 3.05) is 19.7 Å². The summed E-state index contributed by atoms with van der Waals surface area (Å²) in [5.41, 5.74) is 7.09. The number of aliphatic imine (C=N–C) groups is 1. The highest BCUT2D eigenvalue weighted by Crippen LogP contribution is 2.46. The van der Waals surface area contributed by atoms with Crippen LogP contribution in [-0.2, 0) is 6.18 Å². The van der Waals surface area contributed by atoms with Crippen LogP contribution in [0.3, 0.4) is 0 Å². The summed E-state index contributed by atoms with van der Waals surface area (Å²) >= 11 is 12.4. The van der Waals surface area contributed by atoms with Gasteiger partial charge in [-0.15, -0.1) is 0 Å². The molecule has 0 spiro atoms. The van der Waals surface area contributed by atoms with E-state index in [0.717, 1.165) is 23.3 Å². The fourth-order valence-corrected chi connectivity index (χ4v) is 5.51. The Bertz CT molecular complexity index is 1420. The first-order valence-electron chi connectivity index (χ1n) is 13.3. The van der Waals surface area contributed by atoms with Gasteiger partial charge in [0, 0.05) is 29.2 Å². The van der Waals surface area contributed by atoms with E-state index < -0.39 is 23.8 Å². The van der Waals surface area contributed by atoms with Crippen molar-refractivity contribution in [1.82, 2.24) is 9.80 Å². The SMILES string of the molecule is CCOc1cc(C(F)(F)F)ccc1C1=NC(c2ccc(Cl)cc2)C(c2ccc(Cl)cc2)N1C(=O)N1CCC(N)CC1. The van der Waals surface area contributed by atoms with Gasteiger partial charge in [-0.2, -0.15) is 13.2 Å². The molecule has 0 aliphatic carbocycles. The van der Waals surface area contributed by atoms with Crippen LogP contribution >= 0.6 is 23.2 Å². The fraction of sp³-hybridized carbons (Fsp3) is 0.333. The van der Waals surface area contributed by atoms with E-state index in [0.29, 0.717) is 36.0 Å². The van der Waals surface area contributed by atoms with Gasteiger partial charge in [0.2, 0.25) is 0 Å². The molecular weight excluding hydrogens is 576 g/mol. The highest BCUT2D eigenvalue weighted by Gasteiger charge is 2.45. The maximum absolute atomic E-state index is 14.3. The minimum Gasteiger partial charge on any atom is -0.493 e. The molecule has 216 valence electrons. The second kappa shape index (κ2) is 11.9.